The van der Waals surface area contributed by atoms with E-state index in [1.807, 2.05) is 0 Å². The molecule has 0 spiro atoms. The second-order valence-electron chi connectivity index (χ2n) is 5.89. The summed E-state index contributed by atoms with van der Waals surface area (Å²) in [7, 11) is 0. The van der Waals surface area contributed by atoms with Crippen LogP contribution >= 0.6 is 0 Å². The van der Waals surface area contributed by atoms with E-state index in [0.717, 1.165) is 19.3 Å². The second-order valence-corrected chi connectivity index (χ2v) is 5.89. The third-order valence-corrected chi connectivity index (χ3v) is 4.64. The molecule has 0 bridgehead atoms. The van der Waals surface area contributed by atoms with Crippen LogP contribution in [0, 0.1) is 17.8 Å². The first-order chi connectivity index (χ1) is 9.96. The summed E-state index contributed by atoms with van der Waals surface area (Å²) in [5.41, 5.74) is 0. The molecule has 1 amide bonds. The molecule has 1 aliphatic carbocycles. The van der Waals surface area contributed by atoms with Gasteiger partial charge in [-0.05, 0) is 25.7 Å². The van der Waals surface area contributed by atoms with E-state index < -0.39 is 12.0 Å². The number of aliphatic hydroxyl groups is 1. The molecule has 2 N–H and O–H groups in total. The highest BCUT2D eigenvalue weighted by atomic mass is 16.5. The Kier molecular flexibility index (Phi) is 7.15. The molecule has 0 radical (unpaired) electrons. The molecule has 0 aromatic heterocycles. The average Bonchev–Trinajstić information content (AvgIpc) is 2.80. The van der Waals surface area contributed by atoms with Gasteiger partial charge in [-0.1, -0.05) is 26.7 Å². The number of carbonyl (C=O) groups is 2. The predicted octanol–water partition coefficient (Wildman–Crippen LogP) is 1.88. The first kappa shape index (κ1) is 18.0. The van der Waals surface area contributed by atoms with Gasteiger partial charge in [-0.25, -0.2) is 0 Å². The molecule has 5 nitrogen and oxygen atoms in total. The Labute approximate surface area is 127 Å². The minimum Gasteiger partial charge on any atom is -0.466 e. The minimum atomic E-state index is -0.735. The molecule has 21 heavy (non-hydrogen) atoms. The molecule has 1 rings (SSSR count). The molecule has 1 saturated carbocycles. The van der Waals surface area contributed by atoms with Crippen LogP contribution in [0.15, 0.2) is 0 Å². The Morgan fingerprint density at radius 1 is 1.24 bits per heavy atom. The van der Waals surface area contributed by atoms with Crippen LogP contribution in [0.25, 0.3) is 0 Å². The van der Waals surface area contributed by atoms with Crippen molar-refractivity contribution in [1.29, 1.82) is 0 Å². The van der Waals surface area contributed by atoms with Crippen molar-refractivity contribution in [1.82, 2.24) is 5.32 Å². The maximum absolute atomic E-state index is 11.9. The third kappa shape index (κ3) is 4.43. The topological polar surface area (TPSA) is 75.6 Å². The number of esters is 1. The van der Waals surface area contributed by atoms with Crippen molar-refractivity contribution in [3.63, 3.8) is 0 Å². The molecule has 1 aliphatic rings. The fourth-order valence-electron chi connectivity index (χ4n) is 3.52. The van der Waals surface area contributed by atoms with Gasteiger partial charge >= 0.3 is 5.97 Å². The van der Waals surface area contributed by atoms with Crippen molar-refractivity contribution < 1.29 is 19.4 Å². The van der Waals surface area contributed by atoms with Gasteiger partial charge in [-0.2, -0.15) is 0 Å². The summed E-state index contributed by atoms with van der Waals surface area (Å²) >= 11 is 0. The minimum absolute atomic E-state index is 0.0757. The Morgan fingerprint density at radius 3 is 2.33 bits per heavy atom. The van der Waals surface area contributed by atoms with Gasteiger partial charge in [0.1, 0.15) is 0 Å². The Morgan fingerprint density at radius 2 is 1.86 bits per heavy atom. The largest absolute Gasteiger partial charge is 0.466 e. The fraction of sp³-hybridized carbons (Fsp3) is 0.875. The lowest BCUT2D eigenvalue weighted by atomic mass is 9.82. The van der Waals surface area contributed by atoms with Crippen LogP contribution in [0.1, 0.15) is 53.4 Å². The number of aliphatic hydroxyl groups excluding tert-OH is 1. The normalized spacial score (nSPS) is 26.7. The lowest BCUT2D eigenvalue weighted by Crippen LogP contribution is -2.48. The molecule has 4 atom stereocenters. The number of carbonyl (C=O) groups excluding carboxylic acids is 2. The average molecular weight is 299 g/mol. The van der Waals surface area contributed by atoms with E-state index in [1.54, 1.807) is 6.92 Å². The van der Waals surface area contributed by atoms with Crippen molar-refractivity contribution in [2.75, 3.05) is 6.61 Å². The lowest BCUT2D eigenvalue weighted by Gasteiger charge is -2.33. The number of ether oxygens (including phenoxy) is 1. The molecule has 0 aromatic carbocycles. The lowest BCUT2D eigenvalue weighted by molar-refractivity contribution is -0.151. The van der Waals surface area contributed by atoms with Gasteiger partial charge in [0, 0.05) is 18.9 Å². The zero-order chi connectivity index (χ0) is 16.0. The summed E-state index contributed by atoms with van der Waals surface area (Å²) in [4.78, 5) is 23.4. The van der Waals surface area contributed by atoms with Gasteiger partial charge in [0.15, 0.2) is 0 Å². The predicted molar refractivity (Wildman–Crippen MR) is 80.5 cm³/mol. The van der Waals surface area contributed by atoms with Crippen molar-refractivity contribution >= 4 is 11.9 Å². The fourth-order valence-corrected chi connectivity index (χ4v) is 3.52. The highest BCUT2D eigenvalue weighted by Gasteiger charge is 2.45. The summed E-state index contributed by atoms with van der Waals surface area (Å²) in [5.74, 6) is -0.624. The van der Waals surface area contributed by atoms with Gasteiger partial charge in [0.2, 0.25) is 5.91 Å². The standard InChI is InChI=1S/C16H29NO4/c1-5-11(6-2)14(17-10(4)18)12-8-9-13(15(12)19)16(20)21-7-3/h11-15,19H,5-9H2,1-4H3,(H,17,18)/t12-,13+,14?,15-/m1/s1. The molecule has 0 saturated heterocycles. The Bertz CT molecular complexity index is 354. The summed E-state index contributed by atoms with van der Waals surface area (Å²) in [5, 5.41) is 13.5. The number of amides is 1. The molecule has 0 aromatic rings. The second kappa shape index (κ2) is 8.37. The third-order valence-electron chi connectivity index (χ3n) is 4.64. The van der Waals surface area contributed by atoms with Gasteiger partial charge in [0.05, 0.1) is 18.6 Å². The van der Waals surface area contributed by atoms with Crippen molar-refractivity contribution in [2.24, 2.45) is 17.8 Å². The molecule has 122 valence electrons. The summed E-state index contributed by atoms with van der Waals surface area (Å²) in [6.07, 6.45) is 2.51. The van der Waals surface area contributed by atoms with Crippen LogP contribution in [0.3, 0.4) is 0 Å². The van der Waals surface area contributed by atoms with Crippen LogP contribution < -0.4 is 5.32 Å². The summed E-state index contributed by atoms with van der Waals surface area (Å²) in [6, 6.07) is -0.0769. The first-order valence-electron chi connectivity index (χ1n) is 8.07. The Hall–Kier alpha value is -1.10. The van der Waals surface area contributed by atoms with Crippen molar-refractivity contribution in [3.05, 3.63) is 0 Å². The quantitative estimate of drug-likeness (QED) is 0.704. The van der Waals surface area contributed by atoms with Crippen LogP contribution in [0.5, 0.6) is 0 Å². The van der Waals surface area contributed by atoms with E-state index in [0.29, 0.717) is 18.9 Å². The van der Waals surface area contributed by atoms with Gasteiger partial charge in [-0.15, -0.1) is 0 Å². The van der Waals surface area contributed by atoms with Gasteiger partial charge in [0.25, 0.3) is 0 Å². The maximum atomic E-state index is 11.9. The van der Waals surface area contributed by atoms with E-state index in [2.05, 4.69) is 19.2 Å². The molecular weight excluding hydrogens is 270 g/mol. The molecule has 0 aliphatic heterocycles. The number of hydrogen-bond acceptors (Lipinski definition) is 4. The number of nitrogens with one attached hydrogen (secondary N) is 1. The number of rotatable bonds is 7. The van der Waals surface area contributed by atoms with Gasteiger partial charge in [-0.3, -0.25) is 9.59 Å². The highest BCUT2D eigenvalue weighted by molar-refractivity contribution is 5.74. The maximum Gasteiger partial charge on any atom is 0.311 e. The van der Waals surface area contributed by atoms with E-state index in [1.165, 1.54) is 6.92 Å². The monoisotopic (exact) mass is 299 g/mol. The van der Waals surface area contributed by atoms with Crippen molar-refractivity contribution in [3.8, 4) is 0 Å². The van der Waals surface area contributed by atoms with Gasteiger partial charge < -0.3 is 15.2 Å². The molecule has 1 unspecified atom stereocenters. The SMILES string of the molecule is CCOC(=O)[C@H]1CC[C@H](C(NC(C)=O)C(CC)CC)[C@H]1O. The summed E-state index contributed by atoms with van der Waals surface area (Å²) in [6.45, 7) is 7.77. The molecule has 5 heteroatoms. The van der Waals surface area contributed by atoms with Crippen molar-refractivity contribution in [2.45, 2.75) is 65.5 Å². The molecule has 0 heterocycles. The smallest absolute Gasteiger partial charge is 0.311 e. The first-order valence-corrected chi connectivity index (χ1v) is 8.07. The van der Waals surface area contributed by atoms with E-state index >= 15 is 0 Å². The van der Waals surface area contributed by atoms with Crippen LogP contribution in [-0.4, -0.2) is 35.7 Å². The van der Waals surface area contributed by atoms with E-state index in [4.69, 9.17) is 4.74 Å². The highest BCUT2D eigenvalue weighted by Crippen LogP contribution is 2.37. The van der Waals surface area contributed by atoms with Crippen LogP contribution in [-0.2, 0) is 14.3 Å². The van der Waals surface area contributed by atoms with E-state index in [-0.39, 0.29) is 23.8 Å². The van der Waals surface area contributed by atoms with Crippen LogP contribution in [0.4, 0.5) is 0 Å². The molecule has 1 fully saturated rings. The van der Waals surface area contributed by atoms with E-state index in [9.17, 15) is 14.7 Å². The number of hydrogen-bond donors (Lipinski definition) is 2. The summed E-state index contributed by atoms with van der Waals surface area (Å²) < 4.78 is 5.03. The molecular formula is C16H29NO4. The zero-order valence-electron chi connectivity index (χ0n) is 13.6. The van der Waals surface area contributed by atoms with Crippen LogP contribution in [0.2, 0.25) is 0 Å². The Balaban J connectivity index is 2.84. The zero-order valence-corrected chi connectivity index (χ0v) is 13.6.